The maximum Gasteiger partial charge on any atom is 0.244 e. The number of nitrogens with zero attached hydrogens (tertiary/aromatic N) is 1. The molecule has 0 unspecified atom stereocenters. The summed E-state index contributed by atoms with van der Waals surface area (Å²) in [6.45, 7) is 9.85. The standard InChI is InChI=1S/C17H30N2O3S/c1-5-19(6-2)13-9-7-8-12-18-23(20,21)17-14-15(3)10-11-16(17)22-4/h10-11,14,18H,5-9,12-13H2,1-4H3. The zero-order valence-corrected chi connectivity index (χ0v) is 15.6. The molecule has 0 atom stereocenters. The highest BCUT2D eigenvalue weighted by atomic mass is 32.2. The molecular weight excluding hydrogens is 312 g/mol. The Morgan fingerprint density at radius 3 is 2.43 bits per heavy atom. The fraction of sp³-hybridized carbons (Fsp3) is 0.647. The van der Waals surface area contributed by atoms with Crippen molar-refractivity contribution in [3.63, 3.8) is 0 Å². The molecule has 132 valence electrons. The third-order valence-electron chi connectivity index (χ3n) is 3.95. The summed E-state index contributed by atoms with van der Waals surface area (Å²) in [6, 6.07) is 5.17. The van der Waals surface area contributed by atoms with Crippen molar-refractivity contribution < 1.29 is 13.2 Å². The summed E-state index contributed by atoms with van der Waals surface area (Å²) in [7, 11) is -2.04. The van der Waals surface area contributed by atoms with Gasteiger partial charge in [0.2, 0.25) is 10.0 Å². The molecule has 0 spiro atoms. The fourth-order valence-corrected chi connectivity index (χ4v) is 3.78. The van der Waals surface area contributed by atoms with Crippen molar-refractivity contribution in [3.8, 4) is 5.75 Å². The molecule has 1 rings (SSSR count). The molecule has 0 aliphatic heterocycles. The van der Waals surface area contributed by atoms with Crippen LogP contribution < -0.4 is 9.46 Å². The van der Waals surface area contributed by atoms with Gasteiger partial charge in [0.25, 0.3) is 0 Å². The number of ether oxygens (including phenoxy) is 1. The van der Waals surface area contributed by atoms with Crippen LogP contribution in [-0.4, -0.2) is 46.6 Å². The molecule has 0 aliphatic carbocycles. The number of hydrogen-bond donors (Lipinski definition) is 1. The van der Waals surface area contributed by atoms with Gasteiger partial charge in [0.15, 0.2) is 0 Å². The molecule has 0 fully saturated rings. The second-order valence-corrected chi connectivity index (χ2v) is 7.38. The van der Waals surface area contributed by atoms with Gasteiger partial charge in [-0.1, -0.05) is 26.3 Å². The van der Waals surface area contributed by atoms with Crippen LogP contribution in [0.1, 0.15) is 38.7 Å². The summed E-state index contributed by atoms with van der Waals surface area (Å²) in [5.74, 6) is 0.379. The molecule has 0 heterocycles. The third-order valence-corrected chi connectivity index (χ3v) is 5.43. The summed E-state index contributed by atoms with van der Waals surface area (Å²) in [5, 5.41) is 0. The minimum absolute atomic E-state index is 0.211. The Kier molecular flexibility index (Phi) is 8.58. The number of rotatable bonds is 11. The molecule has 0 aromatic heterocycles. The van der Waals surface area contributed by atoms with Gasteiger partial charge < -0.3 is 9.64 Å². The van der Waals surface area contributed by atoms with Crippen LogP contribution in [0.3, 0.4) is 0 Å². The lowest BCUT2D eigenvalue weighted by Crippen LogP contribution is -2.26. The van der Waals surface area contributed by atoms with Crippen LogP contribution in [-0.2, 0) is 10.0 Å². The molecule has 0 amide bonds. The number of hydrogen-bond acceptors (Lipinski definition) is 4. The van der Waals surface area contributed by atoms with Crippen molar-refractivity contribution in [2.75, 3.05) is 33.3 Å². The first-order chi connectivity index (χ1) is 10.9. The van der Waals surface area contributed by atoms with E-state index < -0.39 is 10.0 Å². The molecule has 1 aromatic carbocycles. The molecule has 0 saturated carbocycles. The summed E-state index contributed by atoms with van der Waals surface area (Å²) >= 11 is 0. The van der Waals surface area contributed by atoms with Gasteiger partial charge in [0.05, 0.1) is 7.11 Å². The van der Waals surface area contributed by atoms with Gasteiger partial charge in [-0.05, 0) is 57.1 Å². The lowest BCUT2D eigenvalue weighted by Gasteiger charge is -2.17. The zero-order valence-electron chi connectivity index (χ0n) is 14.8. The molecule has 0 bridgehead atoms. The molecule has 0 radical (unpaired) electrons. The lowest BCUT2D eigenvalue weighted by atomic mass is 10.2. The number of benzene rings is 1. The van der Waals surface area contributed by atoms with Crippen molar-refractivity contribution in [3.05, 3.63) is 23.8 Å². The van der Waals surface area contributed by atoms with Gasteiger partial charge in [-0.2, -0.15) is 0 Å². The second-order valence-electron chi connectivity index (χ2n) is 5.64. The topological polar surface area (TPSA) is 58.6 Å². The van der Waals surface area contributed by atoms with E-state index in [2.05, 4.69) is 23.5 Å². The van der Waals surface area contributed by atoms with Crippen molar-refractivity contribution in [2.45, 2.75) is 44.9 Å². The van der Waals surface area contributed by atoms with E-state index in [9.17, 15) is 8.42 Å². The van der Waals surface area contributed by atoms with Crippen LogP contribution >= 0.6 is 0 Å². The van der Waals surface area contributed by atoms with E-state index >= 15 is 0 Å². The van der Waals surface area contributed by atoms with Crippen LogP contribution in [0.4, 0.5) is 0 Å². The minimum atomic E-state index is -3.52. The monoisotopic (exact) mass is 342 g/mol. The highest BCUT2D eigenvalue weighted by Crippen LogP contribution is 2.24. The largest absolute Gasteiger partial charge is 0.495 e. The Hall–Kier alpha value is -1.11. The van der Waals surface area contributed by atoms with E-state index in [0.717, 1.165) is 44.5 Å². The number of sulfonamides is 1. The number of aryl methyl sites for hydroxylation is 1. The first-order valence-corrected chi connectivity index (χ1v) is 9.79. The average Bonchev–Trinajstić information content (AvgIpc) is 2.54. The lowest BCUT2D eigenvalue weighted by molar-refractivity contribution is 0.296. The van der Waals surface area contributed by atoms with E-state index in [-0.39, 0.29) is 4.90 Å². The highest BCUT2D eigenvalue weighted by Gasteiger charge is 2.18. The quantitative estimate of drug-likeness (QED) is 0.628. The van der Waals surface area contributed by atoms with Crippen molar-refractivity contribution in [1.29, 1.82) is 0 Å². The van der Waals surface area contributed by atoms with Crippen molar-refractivity contribution >= 4 is 10.0 Å². The number of nitrogens with one attached hydrogen (secondary N) is 1. The number of methoxy groups -OCH3 is 1. The molecule has 23 heavy (non-hydrogen) atoms. The number of unbranched alkanes of at least 4 members (excludes halogenated alkanes) is 2. The van der Waals surface area contributed by atoms with E-state index in [1.165, 1.54) is 7.11 Å². The average molecular weight is 343 g/mol. The maximum atomic E-state index is 12.4. The van der Waals surface area contributed by atoms with Crippen LogP contribution in [0.2, 0.25) is 0 Å². The minimum Gasteiger partial charge on any atom is -0.495 e. The van der Waals surface area contributed by atoms with E-state index in [1.807, 2.05) is 13.0 Å². The first kappa shape index (κ1) is 19.9. The van der Waals surface area contributed by atoms with Gasteiger partial charge >= 0.3 is 0 Å². The first-order valence-electron chi connectivity index (χ1n) is 8.31. The van der Waals surface area contributed by atoms with Gasteiger partial charge in [0, 0.05) is 6.54 Å². The van der Waals surface area contributed by atoms with Crippen LogP contribution in [0, 0.1) is 6.92 Å². The van der Waals surface area contributed by atoms with Crippen molar-refractivity contribution in [2.24, 2.45) is 0 Å². The van der Waals surface area contributed by atoms with Crippen molar-refractivity contribution in [1.82, 2.24) is 9.62 Å². The zero-order chi connectivity index (χ0) is 17.3. The predicted molar refractivity (Wildman–Crippen MR) is 94.6 cm³/mol. The molecule has 0 aliphatic rings. The Morgan fingerprint density at radius 2 is 1.83 bits per heavy atom. The molecule has 0 saturated heterocycles. The Morgan fingerprint density at radius 1 is 1.13 bits per heavy atom. The smallest absolute Gasteiger partial charge is 0.244 e. The molecular formula is C17H30N2O3S. The Bertz CT molecular complexity index is 569. The Balaban J connectivity index is 2.46. The maximum absolute atomic E-state index is 12.4. The van der Waals surface area contributed by atoms with Crippen LogP contribution in [0.15, 0.2) is 23.1 Å². The second kappa shape index (κ2) is 9.90. The molecule has 5 nitrogen and oxygen atoms in total. The predicted octanol–water partition coefficient (Wildman–Crippen LogP) is 2.79. The fourth-order valence-electron chi connectivity index (χ4n) is 2.46. The van der Waals surface area contributed by atoms with E-state index in [0.29, 0.717) is 12.3 Å². The van der Waals surface area contributed by atoms with Crippen LogP contribution in [0.25, 0.3) is 0 Å². The van der Waals surface area contributed by atoms with Gasteiger partial charge in [-0.15, -0.1) is 0 Å². The van der Waals surface area contributed by atoms with Gasteiger partial charge in [0.1, 0.15) is 10.6 Å². The summed E-state index contributed by atoms with van der Waals surface area (Å²) < 4.78 is 32.6. The third kappa shape index (κ3) is 6.49. The molecule has 6 heteroatoms. The highest BCUT2D eigenvalue weighted by molar-refractivity contribution is 7.89. The summed E-state index contributed by atoms with van der Waals surface area (Å²) in [5.41, 5.74) is 0.894. The van der Waals surface area contributed by atoms with Gasteiger partial charge in [-0.3, -0.25) is 0 Å². The summed E-state index contributed by atoms with van der Waals surface area (Å²) in [6.07, 6.45) is 2.95. The van der Waals surface area contributed by atoms with E-state index in [1.54, 1.807) is 12.1 Å². The normalized spacial score (nSPS) is 11.9. The van der Waals surface area contributed by atoms with Crippen LogP contribution in [0.5, 0.6) is 5.75 Å². The SMILES string of the molecule is CCN(CC)CCCCCNS(=O)(=O)c1cc(C)ccc1OC. The van der Waals surface area contributed by atoms with Gasteiger partial charge in [-0.25, -0.2) is 13.1 Å². The summed E-state index contributed by atoms with van der Waals surface area (Å²) in [4.78, 5) is 2.59. The molecule has 1 aromatic rings. The molecule has 1 N–H and O–H groups in total. The van der Waals surface area contributed by atoms with E-state index in [4.69, 9.17) is 4.74 Å². The Labute approximate surface area is 141 Å².